The van der Waals surface area contributed by atoms with Crippen molar-refractivity contribution in [3.63, 3.8) is 0 Å². The third kappa shape index (κ3) is 13.0. The first-order valence-corrected chi connectivity index (χ1v) is 16.8. The average molecular weight is 668 g/mol. The predicted octanol–water partition coefficient (Wildman–Crippen LogP) is 4.05. The molecule has 11 nitrogen and oxygen atoms in total. The normalized spacial score (nSPS) is 16.4. The Hall–Kier alpha value is -3.34. The summed E-state index contributed by atoms with van der Waals surface area (Å²) in [7, 11) is 6.83. The van der Waals surface area contributed by atoms with E-state index in [1.165, 1.54) is 7.07 Å². The van der Waals surface area contributed by atoms with Crippen LogP contribution in [-0.4, -0.2) is 77.0 Å². The van der Waals surface area contributed by atoms with Crippen LogP contribution < -0.4 is 10.6 Å². The zero-order chi connectivity index (χ0) is 34.0. The molecule has 47 heavy (non-hydrogen) atoms. The van der Waals surface area contributed by atoms with Crippen molar-refractivity contribution in [1.29, 1.82) is 0 Å². The fourth-order valence-corrected chi connectivity index (χ4v) is 6.00. The minimum atomic E-state index is -0.393. The Morgan fingerprint density at radius 1 is 0.915 bits per heavy atom. The van der Waals surface area contributed by atoms with Crippen LogP contribution in [0, 0.1) is 0 Å². The van der Waals surface area contributed by atoms with Crippen LogP contribution in [0.1, 0.15) is 86.3 Å². The first-order chi connectivity index (χ1) is 22.7. The van der Waals surface area contributed by atoms with Crippen molar-refractivity contribution >= 4 is 45.8 Å². The van der Waals surface area contributed by atoms with Crippen LogP contribution in [0.15, 0.2) is 46.3 Å². The summed E-state index contributed by atoms with van der Waals surface area (Å²) in [5.41, 5.74) is 4.71. The Bertz CT molecular complexity index is 1360. The second-order valence-electron chi connectivity index (χ2n) is 11.8. The van der Waals surface area contributed by atoms with Gasteiger partial charge in [-0.3, -0.25) is 9.59 Å². The van der Waals surface area contributed by atoms with Gasteiger partial charge in [0.2, 0.25) is 5.91 Å². The molecule has 0 saturated heterocycles. The summed E-state index contributed by atoms with van der Waals surface area (Å²) in [6, 6.07) is 6.05. The van der Waals surface area contributed by atoms with Crippen molar-refractivity contribution < 1.29 is 38.2 Å². The van der Waals surface area contributed by atoms with E-state index in [4.69, 9.17) is 14.2 Å². The number of methoxy groups -OCH3 is 2. The summed E-state index contributed by atoms with van der Waals surface area (Å²) < 4.78 is 19.3. The van der Waals surface area contributed by atoms with E-state index in [2.05, 4.69) is 24.7 Å². The molecule has 0 aromatic heterocycles. The van der Waals surface area contributed by atoms with Crippen molar-refractivity contribution in [2.45, 2.75) is 82.4 Å². The summed E-state index contributed by atoms with van der Waals surface area (Å²) in [5, 5.41) is 5.72. The summed E-state index contributed by atoms with van der Waals surface area (Å²) in [6.45, 7) is 1.55. The molecule has 0 bridgehead atoms. The van der Waals surface area contributed by atoms with Gasteiger partial charge in [-0.05, 0) is 6.42 Å². The van der Waals surface area contributed by atoms with Gasteiger partial charge in [-0.2, -0.15) is 0 Å². The van der Waals surface area contributed by atoms with Gasteiger partial charge in [-0.25, -0.2) is 0 Å². The summed E-state index contributed by atoms with van der Waals surface area (Å²) in [5.74, 6) is -0.639. The summed E-state index contributed by atoms with van der Waals surface area (Å²) in [4.78, 5) is 61.9. The molecule has 0 spiro atoms. The molecule has 0 saturated carbocycles. The predicted molar refractivity (Wildman–Crippen MR) is 182 cm³/mol. The van der Waals surface area contributed by atoms with Gasteiger partial charge < -0.3 is 14.8 Å². The van der Waals surface area contributed by atoms with Crippen molar-refractivity contribution in [1.82, 2.24) is 10.6 Å². The van der Waals surface area contributed by atoms with Crippen molar-refractivity contribution in [3.8, 4) is 0 Å². The number of nitrogens with one attached hydrogen (secondary N) is 2. The van der Waals surface area contributed by atoms with E-state index in [1.807, 2.05) is 30.4 Å². The maximum atomic E-state index is 12.8. The molecule has 2 amide bonds. The van der Waals surface area contributed by atoms with Crippen LogP contribution >= 0.6 is 9.39 Å². The number of esters is 1. The fraction of sp³-hybridized carbons (Fsp3) is 0.559. The molecule has 3 atom stereocenters. The molecule has 3 unspecified atom stereocenters. The fourth-order valence-electron chi connectivity index (χ4n) is 5.89. The molecule has 2 aliphatic rings. The number of Topliss-reactive ketones (excluding diaryl/α,β-unsaturated/α-hetero) is 2. The number of allylic oxidation sites excluding steroid dienone is 2. The molecular formula is C34H47BN3O8P. The standard InChI is InChI=1S/C34H47BN3O8P/c1-44-16-5-8-25(39)6-3-7-26(40)18-23-11-13-27-28-14-12-24(37-33(42)10-4-9-32(41)36-15-17-45-2)20-30(28)31(29(27)19-23)22-46-34(43)21-35-38-47/h11-13,19-20,28,31H,3-10,14-18,21-22,47H2,1-2H3,(H,36,41)(H,37,42). The Kier molecular flexibility index (Phi) is 16.9. The van der Waals surface area contributed by atoms with Crippen LogP contribution in [0.3, 0.4) is 0 Å². The van der Waals surface area contributed by atoms with E-state index in [0.29, 0.717) is 70.4 Å². The number of ketones is 2. The number of hydrogen-bond donors (Lipinski definition) is 2. The van der Waals surface area contributed by atoms with Crippen molar-refractivity contribution in [3.05, 3.63) is 58.3 Å². The van der Waals surface area contributed by atoms with Gasteiger partial charge in [0, 0.05) is 46.6 Å². The zero-order valence-electron chi connectivity index (χ0n) is 27.5. The molecule has 0 aliphatic heterocycles. The molecule has 3 rings (SSSR count). The van der Waals surface area contributed by atoms with Gasteiger partial charge in [0.15, 0.2) is 0 Å². The van der Waals surface area contributed by atoms with E-state index < -0.39 is 5.97 Å². The number of nitrogens with zero attached hydrogens (tertiary/aromatic N) is 1. The van der Waals surface area contributed by atoms with E-state index in [9.17, 15) is 24.0 Å². The molecule has 0 fully saturated rings. The van der Waals surface area contributed by atoms with E-state index >= 15 is 0 Å². The number of rotatable bonds is 22. The van der Waals surface area contributed by atoms with E-state index in [-0.39, 0.29) is 67.4 Å². The first kappa shape index (κ1) is 38.1. The van der Waals surface area contributed by atoms with E-state index in [1.54, 1.807) is 14.2 Å². The molecule has 2 aliphatic carbocycles. The first-order valence-electron chi connectivity index (χ1n) is 16.2. The minimum absolute atomic E-state index is 0.0561. The van der Waals surface area contributed by atoms with Gasteiger partial charge in [-0.1, -0.05) is 0 Å². The second-order valence-corrected chi connectivity index (χ2v) is 12.1. The number of fused-ring (bicyclic) bond motifs is 3. The Morgan fingerprint density at radius 3 is 2.40 bits per heavy atom. The maximum absolute atomic E-state index is 12.8. The third-order valence-corrected chi connectivity index (χ3v) is 8.42. The quantitative estimate of drug-likeness (QED) is 0.0815. The second kappa shape index (κ2) is 20.8. The number of ether oxygens (including phenoxy) is 3. The Labute approximate surface area is 280 Å². The molecule has 1 aromatic rings. The molecule has 1 aromatic carbocycles. The summed E-state index contributed by atoms with van der Waals surface area (Å²) in [6.07, 6.45) is 8.23. The van der Waals surface area contributed by atoms with Crippen molar-refractivity contribution in [2.24, 2.45) is 4.67 Å². The number of hydrogen-bond acceptors (Lipinski definition) is 9. The van der Waals surface area contributed by atoms with Crippen LogP contribution in [0.4, 0.5) is 0 Å². The van der Waals surface area contributed by atoms with Crippen LogP contribution in [0.2, 0.25) is 6.32 Å². The SMILES string of the molecule is COCCCC(=O)CCCC(=O)Cc1ccc2c(c1)C(COC(=O)CB=NP)C1=CC(NC(=O)CCCC(=O)NCCOC)=CCC12. The zero-order valence-corrected chi connectivity index (χ0v) is 28.7. The average Bonchev–Trinajstić information content (AvgIpc) is 3.34. The monoisotopic (exact) mass is 667 g/mol. The number of carbonyl (C=O) groups is 5. The molecule has 0 radical (unpaired) electrons. The Balaban J connectivity index is 1.64. The number of benzene rings is 1. The number of carbonyl (C=O) groups excluding carboxylic acids is 5. The van der Waals surface area contributed by atoms with Gasteiger partial charge in [-0.15, -0.1) is 0 Å². The topological polar surface area (TPSA) is 149 Å². The summed E-state index contributed by atoms with van der Waals surface area (Å²) >= 11 is 0. The van der Waals surface area contributed by atoms with Crippen LogP contribution in [0.25, 0.3) is 0 Å². The van der Waals surface area contributed by atoms with Crippen LogP contribution in [0.5, 0.6) is 0 Å². The molecular weight excluding hydrogens is 620 g/mol. The van der Waals surface area contributed by atoms with Crippen LogP contribution in [-0.2, 0) is 44.6 Å². The van der Waals surface area contributed by atoms with Gasteiger partial charge in [0.1, 0.15) is 5.78 Å². The molecule has 13 heteroatoms. The van der Waals surface area contributed by atoms with E-state index in [0.717, 1.165) is 22.3 Å². The van der Waals surface area contributed by atoms with Crippen molar-refractivity contribution in [2.75, 3.05) is 40.6 Å². The number of amides is 2. The van der Waals surface area contributed by atoms with Gasteiger partial charge >= 0.3 is 185 Å². The Morgan fingerprint density at radius 2 is 1.64 bits per heavy atom. The molecule has 2 N–H and O–H groups in total. The van der Waals surface area contributed by atoms with Gasteiger partial charge in [0.25, 0.3) is 0 Å². The van der Waals surface area contributed by atoms with Gasteiger partial charge in [0.05, 0.1) is 6.61 Å². The third-order valence-electron chi connectivity index (χ3n) is 8.21. The molecule has 254 valence electrons. The molecule has 0 heterocycles.